The molecule has 0 aliphatic carbocycles. The number of hydrogen-bond donors (Lipinski definition) is 0. The van der Waals surface area contributed by atoms with Crippen molar-refractivity contribution in [3.63, 3.8) is 0 Å². The highest BCUT2D eigenvalue weighted by Crippen LogP contribution is 2.38. The van der Waals surface area contributed by atoms with Crippen molar-refractivity contribution in [1.29, 1.82) is 0 Å². The molecule has 0 bridgehead atoms. The lowest BCUT2D eigenvalue weighted by Gasteiger charge is -2.29. The van der Waals surface area contributed by atoms with E-state index < -0.39 is 0 Å². The Bertz CT molecular complexity index is 481. The first kappa shape index (κ1) is 12.8. The summed E-state index contributed by atoms with van der Waals surface area (Å²) in [6.45, 7) is 7.14. The Morgan fingerprint density at radius 3 is 2.89 bits per heavy atom. The van der Waals surface area contributed by atoms with Crippen molar-refractivity contribution in [2.75, 3.05) is 18.2 Å². The van der Waals surface area contributed by atoms with Gasteiger partial charge in [0.25, 0.3) is 0 Å². The van der Waals surface area contributed by atoms with Gasteiger partial charge in [0.05, 0.1) is 24.5 Å². The summed E-state index contributed by atoms with van der Waals surface area (Å²) in [6, 6.07) is 6.02. The molecule has 0 saturated heterocycles. The number of benzene rings is 1. The molecule has 0 amide bonds. The topological polar surface area (TPSA) is 41.9 Å². The fourth-order valence-corrected chi connectivity index (χ4v) is 2.08. The lowest BCUT2D eigenvalue weighted by atomic mass is 9.99. The van der Waals surface area contributed by atoms with Gasteiger partial charge in [-0.1, -0.05) is 26.0 Å². The molecule has 1 aromatic rings. The van der Waals surface area contributed by atoms with Gasteiger partial charge in [-0.25, -0.2) is 10.1 Å². The Hall–Kier alpha value is -1.68. The Morgan fingerprint density at radius 1 is 1.50 bits per heavy atom. The van der Waals surface area contributed by atoms with Gasteiger partial charge < -0.3 is 0 Å². The third-order valence-corrected chi connectivity index (χ3v) is 2.92. The van der Waals surface area contributed by atoms with Crippen LogP contribution in [0, 0.1) is 0 Å². The Balaban J connectivity index is 2.53. The van der Waals surface area contributed by atoms with E-state index in [9.17, 15) is 4.79 Å². The number of nitrogens with zero attached hydrogens (tertiary/aromatic N) is 2. The van der Waals surface area contributed by atoms with Crippen LogP contribution >= 0.6 is 0 Å². The highest BCUT2D eigenvalue weighted by molar-refractivity contribution is 6.31. The second kappa shape index (κ2) is 5.31. The van der Waals surface area contributed by atoms with Gasteiger partial charge in [-0.2, -0.15) is 0 Å². The quantitative estimate of drug-likeness (QED) is 0.767. The minimum Gasteiger partial charge on any atom is -0.296 e. The molecule has 0 N–H and O–H groups in total. The monoisotopic (exact) mass is 246 g/mol. The van der Waals surface area contributed by atoms with E-state index in [-0.39, 0.29) is 0 Å². The maximum absolute atomic E-state index is 11.0. The SMILES string of the molecule is CCON1CC(C=O)=Nc2c(C(C)C)cccc21. The van der Waals surface area contributed by atoms with Crippen LogP contribution in [0.25, 0.3) is 0 Å². The van der Waals surface area contributed by atoms with Crippen LogP contribution in [0.1, 0.15) is 32.3 Å². The number of fused-ring (bicyclic) bond motifs is 1. The third-order valence-electron chi connectivity index (χ3n) is 2.92. The fraction of sp³-hybridized carbons (Fsp3) is 0.429. The number of aliphatic imine (C=N–C) groups is 1. The molecule has 1 aliphatic heterocycles. The number of carbonyl (C=O) groups excluding carboxylic acids is 1. The first-order chi connectivity index (χ1) is 8.67. The van der Waals surface area contributed by atoms with Gasteiger partial charge in [0.15, 0.2) is 6.29 Å². The standard InChI is InChI=1S/C14H18N2O2/c1-4-18-16-8-11(9-17)15-14-12(10(2)3)6-5-7-13(14)16/h5-7,9-10H,4,8H2,1-3H3. The molecule has 0 atom stereocenters. The minimum absolute atomic E-state index is 0.359. The van der Waals surface area contributed by atoms with Crippen LogP contribution in [0.4, 0.5) is 11.4 Å². The summed E-state index contributed by atoms with van der Waals surface area (Å²) in [7, 11) is 0. The molecule has 0 aromatic heterocycles. The molecule has 1 aromatic carbocycles. The number of aldehydes is 1. The zero-order chi connectivity index (χ0) is 13.1. The van der Waals surface area contributed by atoms with Crippen LogP contribution < -0.4 is 5.06 Å². The largest absolute Gasteiger partial charge is 0.296 e. The predicted octanol–water partition coefficient (Wildman–Crippen LogP) is 2.85. The smallest absolute Gasteiger partial charge is 0.166 e. The summed E-state index contributed by atoms with van der Waals surface area (Å²) >= 11 is 0. The second-order valence-electron chi connectivity index (χ2n) is 4.55. The van der Waals surface area contributed by atoms with Gasteiger partial charge in [-0.05, 0) is 24.5 Å². The summed E-state index contributed by atoms with van der Waals surface area (Å²) in [5.41, 5.74) is 3.43. The van der Waals surface area contributed by atoms with Crippen LogP contribution in [0.3, 0.4) is 0 Å². The first-order valence-electron chi connectivity index (χ1n) is 6.23. The van der Waals surface area contributed by atoms with Crippen molar-refractivity contribution in [2.24, 2.45) is 4.99 Å². The van der Waals surface area contributed by atoms with E-state index in [0.29, 0.717) is 24.8 Å². The van der Waals surface area contributed by atoms with Crippen LogP contribution in [-0.2, 0) is 9.63 Å². The number of rotatable bonds is 4. The average molecular weight is 246 g/mol. The van der Waals surface area contributed by atoms with E-state index in [0.717, 1.165) is 23.2 Å². The van der Waals surface area contributed by atoms with E-state index in [2.05, 4.69) is 18.8 Å². The van der Waals surface area contributed by atoms with Crippen molar-refractivity contribution in [3.8, 4) is 0 Å². The molecule has 1 heterocycles. The Labute approximate surface area is 107 Å². The summed E-state index contributed by atoms with van der Waals surface area (Å²) in [4.78, 5) is 21.0. The molecular formula is C14H18N2O2. The molecule has 0 radical (unpaired) electrons. The molecule has 0 unspecified atom stereocenters. The number of hydrogen-bond acceptors (Lipinski definition) is 4. The van der Waals surface area contributed by atoms with Crippen molar-refractivity contribution >= 4 is 23.4 Å². The normalized spacial score (nSPS) is 14.4. The lowest BCUT2D eigenvalue weighted by Crippen LogP contribution is -2.33. The Kier molecular flexibility index (Phi) is 3.77. The Morgan fingerprint density at radius 2 is 2.28 bits per heavy atom. The maximum atomic E-state index is 11.0. The van der Waals surface area contributed by atoms with Crippen LogP contribution in [0.2, 0.25) is 0 Å². The molecule has 18 heavy (non-hydrogen) atoms. The highest BCUT2D eigenvalue weighted by Gasteiger charge is 2.22. The minimum atomic E-state index is 0.359. The molecule has 0 spiro atoms. The molecule has 0 fully saturated rings. The number of hydroxylamine groups is 1. The van der Waals surface area contributed by atoms with Crippen molar-refractivity contribution in [1.82, 2.24) is 0 Å². The summed E-state index contributed by atoms with van der Waals surface area (Å²) < 4.78 is 0. The molecule has 96 valence electrons. The van der Waals surface area contributed by atoms with Crippen LogP contribution in [0.15, 0.2) is 23.2 Å². The summed E-state index contributed by atoms with van der Waals surface area (Å²) in [5.74, 6) is 0.359. The van der Waals surface area contributed by atoms with E-state index in [1.807, 2.05) is 25.1 Å². The molecule has 2 rings (SSSR count). The van der Waals surface area contributed by atoms with Crippen molar-refractivity contribution in [3.05, 3.63) is 23.8 Å². The van der Waals surface area contributed by atoms with Crippen molar-refractivity contribution in [2.45, 2.75) is 26.7 Å². The average Bonchev–Trinajstić information content (AvgIpc) is 2.38. The van der Waals surface area contributed by atoms with Crippen LogP contribution in [0.5, 0.6) is 0 Å². The van der Waals surface area contributed by atoms with Gasteiger partial charge in [-0.15, -0.1) is 0 Å². The summed E-state index contributed by atoms with van der Waals surface area (Å²) in [5, 5.41) is 1.75. The summed E-state index contributed by atoms with van der Waals surface area (Å²) in [6.07, 6.45) is 0.798. The van der Waals surface area contributed by atoms with Gasteiger partial charge in [0.2, 0.25) is 0 Å². The van der Waals surface area contributed by atoms with E-state index >= 15 is 0 Å². The van der Waals surface area contributed by atoms with Gasteiger partial charge in [-0.3, -0.25) is 9.63 Å². The number of carbonyl (C=O) groups is 1. The van der Waals surface area contributed by atoms with Gasteiger partial charge >= 0.3 is 0 Å². The van der Waals surface area contributed by atoms with Crippen molar-refractivity contribution < 1.29 is 9.63 Å². The van der Waals surface area contributed by atoms with E-state index in [1.165, 1.54) is 0 Å². The molecule has 4 nitrogen and oxygen atoms in total. The maximum Gasteiger partial charge on any atom is 0.166 e. The van der Waals surface area contributed by atoms with Gasteiger partial charge in [0.1, 0.15) is 5.71 Å². The molecule has 4 heteroatoms. The number of anilines is 1. The molecular weight excluding hydrogens is 228 g/mol. The highest BCUT2D eigenvalue weighted by atomic mass is 16.7. The van der Waals surface area contributed by atoms with Gasteiger partial charge in [0, 0.05) is 0 Å². The third kappa shape index (κ3) is 2.29. The molecule has 1 aliphatic rings. The second-order valence-corrected chi connectivity index (χ2v) is 4.55. The van der Waals surface area contributed by atoms with E-state index in [1.54, 1.807) is 5.06 Å². The fourth-order valence-electron chi connectivity index (χ4n) is 2.08. The molecule has 0 saturated carbocycles. The first-order valence-corrected chi connectivity index (χ1v) is 6.23. The zero-order valence-corrected chi connectivity index (χ0v) is 11.0. The zero-order valence-electron chi connectivity index (χ0n) is 11.0. The number of para-hydroxylation sites is 1. The predicted molar refractivity (Wildman–Crippen MR) is 72.7 cm³/mol. The van der Waals surface area contributed by atoms with E-state index in [4.69, 9.17) is 4.84 Å². The lowest BCUT2D eigenvalue weighted by molar-refractivity contribution is -0.102. The van der Waals surface area contributed by atoms with Crippen LogP contribution in [-0.4, -0.2) is 25.1 Å².